The summed E-state index contributed by atoms with van der Waals surface area (Å²) in [6.45, 7) is 8.22. The van der Waals surface area contributed by atoms with Crippen LogP contribution in [0, 0.1) is 35.5 Å². The van der Waals surface area contributed by atoms with Crippen molar-refractivity contribution in [3.05, 3.63) is 23.8 Å². The van der Waals surface area contributed by atoms with Gasteiger partial charge in [-0.15, -0.1) is 0 Å². The molecule has 50 heavy (non-hydrogen) atoms. The summed E-state index contributed by atoms with van der Waals surface area (Å²) in [5.74, 6) is 0.261. The van der Waals surface area contributed by atoms with Crippen LogP contribution in [0.1, 0.15) is 91.9 Å². The fraction of sp³-hybridized carbons (Fsp3) is 0.850. The number of fused-ring (bicyclic) bond motifs is 5. The van der Waals surface area contributed by atoms with E-state index < -0.39 is 0 Å². The van der Waals surface area contributed by atoms with Gasteiger partial charge in [-0.1, -0.05) is 32.1 Å². The van der Waals surface area contributed by atoms with Gasteiger partial charge in [0.2, 0.25) is 0 Å². The molecular weight excluding hydrogens is 638 g/mol. The average Bonchev–Trinajstić information content (AvgIpc) is 3.66. The Labute approximate surface area is 299 Å². The van der Waals surface area contributed by atoms with E-state index in [9.17, 15) is 9.59 Å². The van der Waals surface area contributed by atoms with Crippen LogP contribution in [-0.4, -0.2) is 106 Å². The topological polar surface area (TPSA) is 102 Å². The number of methoxy groups -OCH3 is 2. The Morgan fingerprint density at radius 1 is 0.840 bits per heavy atom. The second-order valence-electron chi connectivity index (χ2n) is 16.2. The first-order chi connectivity index (χ1) is 24.0. The number of hydrogen-bond acceptors (Lipinski definition) is 10. The quantitative estimate of drug-likeness (QED) is 0.226. The molecular formula is C40H63NO9. The van der Waals surface area contributed by atoms with Crippen molar-refractivity contribution in [3.8, 4) is 0 Å². The normalized spacial score (nSPS) is 45.6. The minimum absolute atomic E-state index is 0.0415. The molecule has 10 nitrogen and oxygen atoms in total. The smallest absolute Gasteiger partial charge is 0.306 e. The van der Waals surface area contributed by atoms with Gasteiger partial charge in [-0.2, -0.15) is 0 Å². The number of Topliss-reactive ketones (excluding diaryl/α,β-unsaturated/α-hetero) is 1. The second-order valence-corrected chi connectivity index (χ2v) is 16.2. The van der Waals surface area contributed by atoms with Gasteiger partial charge in [-0.25, -0.2) is 0 Å². The molecule has 0 bridgehead atoms. The first-order valence-electron chi connectivity index (χ1n) is 19.5. The van der Waals surface area contributed by atoms with Crippen LogP contribution in [0.2, 0.25) is 0 Å². The summed E-state index contributed by atoms with van der Waals surface area (Å²) in [6, 6.07) is 0.347. The summed E-state index contributed by atoms with van der Waals surface area (Å²) >= 11 is 0. The Morgan fingerprint density at radius 2 is 1.62 bits per heavy atom. The molecule has 3 aliphatic heterocycles. The van der Waals surface area contributed by atoms with Crippen LogP contribution in [-0.2, 0) is 42.7 Å². The largest absolute Gasteiger partial charge is 0.462 e. The number of rotatable bonds is 8. The molecule has 3 aliphatic carbocycles. The number of carbonyl (C=O) groups excluding carboxylic acids is 2. The summed E-state index contributed by atoms with van der Waals surface area (Å²) < 4.78 is 43.4. The van der Waals surface area contributed by atoms with Gasteiger partial charge in [0.25, 0.3) is 0 Å². The Morgan fingerprint density at radius 3 is 2.32 bits per heavy atom. The zero-order valence-electron chi connectivity index (χ0n) is 31.7. The molecule has 4 fully saturated rings. The Hall–Kier alpha value is -1.66. The number of allylic oxidation sites excluding steroid dienone is 4. The van der Waals surface area contributed by atoms with E-state index in [1.165, 1.54) is 0 Å². The molecule has 0 amide bonds. The Balaban J connectivity index is 1.19. The zero-order chi connectivity index (χ0) is 35.7. The van der Waals surface area contributed by atoms with Crippen LogP contribution in [0.15, 0.2) is 23.8 Å². The maximum absolute atomic E-state index is 14.6. The van der Waals surface area contributed by atoms with Crippen LogP contribution >= 0.6 is 0 Å². The number of hydrogen-bond donors (Lipinski definition) is 0. The molecule has 6 rings (SSSR count). The number of ketones is 1. The van der Waals surface area contributed by atoms with Crippen LogP contribution in [0.3, 0.4) is 0 Å². The molecule has 0 unspecified atom stereocenters. The lowest BCUT2D eigenvalue weighted by molar-refractivity contribution is -0.266. The van der Waals surface area contributed by atoms with E-state index >= 15 is 0 Å². The van der Waals surface area contributed by atoms with Crippen molar-refractivity contribution in [3.63, 3.8) is 0 Å². The molecule has 0 radical (unpaired) electrons. The zero-order valence-corrected chi connectivity index (χ0v) is 31.7. The van der Waals surface area contributed by atoms with Crippen molar-refractivity contribution in [1.29, 1.82) is 0 Å². The molecule has 0 aromatic heterocycles. The van der Waals surface area contributed by atoms with Gasteiger partial charge in [0.05, 0.1) is 36.9 Å². The van der Waals surface area contributed by atoms with Gasteiger partial charge in [0.1, 0.15) is 12.2 Å². The number of carbonyl (C=O) groups is 2. The molecule has 16 atom stereocenters. The maximum Gasteiger partial charge on any atom is 0.306 e. The van der Waals surface area contributed by atoms with Crippen LogP contribution in [0.4, 0.5) is 0 Å². The predicted molar refractivity (Wildman–Crippen MR) is 188 cm³/mol. The molecule has 0 aromatic carbocycles. The van der Waals surface area contributed by atoms with Gasteiger partial charge in [0.15, 0.2) is 18.4 Å². The molecule has 282 valence electrons. The second kappa shape index (κ2) is 16.6. The van der Waals surface area contributed by atoms with Crippen molar-refractivity contribution < 1.29 is 42.7 Å². The summed E-state index contributed by atoms with van der Waals surface area (Å²) in [5.41, 5.74) is 0.782. The number of esters is 1. The van der Waals surface area contributed by atoms with Crippen molar-refractivity contribution >= 4 is 11.8 Å². The molecule has 0 spiro atoms. The molecule has 0 N–H and O–H groups in total. The molecule has 3 heterocycles. The number of cyclic esters (lactones) is 1. The third-order valence-corrected chi connectivity index (χ3v) is 12.9. The SMILES string of the molecule is CC[C@H]1CCC[C@@H](O[C@H]2CC[C@H](N(C)C)[C@@H](C)O2)[C@@H](C)C(=O)C2=C[C@@H]3[C@@H](C=C[C@@H]4C[C@@H](O[C@H]5C[C@H](OC)[C@@H](OC)[C@H](C)O5)C[C@@H]34)[C@@H]2CC(=O)O1. The third-order valence-electron chi connectivity index (χ3n) is 12.9. The minimum Gasteiger partial charge on any atom is -0.462 e. The van der Waals surface area contributed by atoms with Gasteiger partial charge in [-0.05, 0) is 109 Å². The number of ether oxygens (including phenoxy) is 7. The van der Waals surface area contributed by atoms with Crippen LogP contribution in [0.25, 0.3) is 0 Å². The number of nitrogens with zero attached hydrogens (tertiary/aromatic N) is 1. The monoisotopic (exact) mass is 701 g/mol. The third kappa shape index (κ3) is 8.12. The van der Waals surface area contributed by atoms with Crippen molar-refractivity contribution in [2.75, 3.05) is 28.3 Å². The lowest BCUT2D eigenvalue weighted by Crippen LogP contribution is -2.50. The van der Waals surface area contributed by atoms with Crippen LogP contribution < -0.4 is 0 Å². The lowest BCUT2D eigenvalue weighted by atomic mass is 9.70. The van der Waals surface area contributed by atoms with E-state index in [0.717, 1.165) is 56.9 Å². The Bertz CT molecular complexity index is 1240. The fourth-order valence-corrected chi connectivity index (χ4v) is 10.2. The lowest BCUT2D eigenvalue weighted by Gasteiger charge is -2.40. The number of likely N-dealkylation sites (N-methyl/N-ethyl adjacent to an activating group) is 1. The molecule has 0 aromatic rings. The van der Waals surface area contributed by atoms with Crippen molar-refractivity contribution in [2.45, 2.75) is 153 Å². The highest BCUT2D eigenvalue weighted by molar-refractivity contribution is 5.99. The van der Waals surface area contributed by atoms with E-state index in [-0.39, 0.29) is 97.2 Å². The summed E-state index contributed by atoms with van der Waals surface area (Å²) in [5, 5.41) is 0. The van der Waals surface area contributed by atoms with Gasteiger partial charge >= 0.3 is 5.97 Å². The predicted octanol–water partition coefficient (Wildman–Crippen LogP) is 5.86. The Kier molecular flexibility index (Phi) is 12.6. The highest BCUT2D eigenvalue weighted by atomic mass is 16.7. The van der Waals surface area contributed by atoms with Gasteiger partial charge < -0.3 is 38.1 Å². The van der Waals surface area contributed by atoms with E-state index in [0.29, 0.717) is 24.3 Å². The van der Waals surface area contributed by atoms with Gasteiger partial charge in [-0.3, -0.25) is 9.59 Å². The van der Waals surface area contributed by atoms with E-state index in [1.807, 2.05) is 13.8 Å². The first-order valence-corrected chi connectivity index (χ1v) is 19.5. The van der Waals surface area contributed by atoms with E-state index in [2.05, 4.69) is 51.1 Å². The molecule has 3 saturated heterocycles. The standard InChI is InChI=1S/C40H63NO9/c1-9-26-11-10-12-34(50-37-16-15-33(41(5)6)23(3)46-37)22(2)39(43)32-19-30-28(31(32)20-36(42)48-26)14-13-25-17-27(18-29(25)30)49-38-21-35(44-7)40(45-8)24(4)47-38/h13-14,19,22-31,33-35,37-38,40H,9-12,15-18,20-21H2,1-8H3/t22-,23-,24+,25-,26+,27-,28-,29-,30-,31+,33+,34-,35+,37+,38+,40+/m1/s1. The van der Waals surface area contributed by atoms with Crippen LogP contribution in [0.5, 0.6) is 0 Å². The van der Waals surface area contributed by atoms with Gasteiger partial charge in [0, 0.05) is 38.5 Å². The summed E-state index contributed by atoms with van der Waals surface area (Å²) in [6.07, 6.45) is 13.0. The highest BCUT2D eigenvalue weighted by Gasteiger charge is 2.51. The first kappa shape index (κ1) is 38.1. The fourth-order valence-electron chi connectivity index (χ4n) is 10.2. The van der Waals surface area contributed by atoms with E-state index in [4.69, 9.17) is 33.2 Å². The average molecular weight is 702 g/mol. The minimum atomic E-state index is -0.353. The highest BCUT2D eigenvalue weighted by Crippen LogP contribution is 2.54. The van der Waals surface area contributed by atoms with Crippen molar-refractivity contribution in [2.24, 2.45) is 35.5 Å². The summed E-state index contributed by atoms with van der Waals surface area (Å²) in [7, 11) is 7.59. The summed E-state index contributed by atoms with van der Waals surface area (Å²) in [4.78, 5) is 30.3. The molecule has 6 aliphatic rings. The van der Waals surface area contributed by atoms with E-state index in [1.54, 1.807) is 14.2 Å². The molecule has 10 heteroatoms. The molecule has 1 saturated carbocycles. The maximum atomic E-state index is 14.6. The van der Waals surface area contributed by atoms with Crippen molar-refractivity contribution in [1.82, 2.24) is 4.90 Å².